The quantitative estimate of drug-likeness (QED) is 0.226. The number of halogens is 3. The van der Waals surface area contributed by atoms with Gasteiger partial charge in [0, 0.05) is 10.0 Å². The lowest BCUT2D eigenvalue weighted by Gasteiger charge is -2.12. The first-order valence-electron chi connectivity index (χ1n) is 10.1. The van der Waals surface area contributed by atoms with Crippen molar-refractivity contribution in [1.82, 2.24) is 5.43 Å². The van der Waals surface area contributed by atoms with E-state index in [1.165, 1.54) is 18.3 Å². The van der Waals surface area contributed by atoms with E-state index in [-0.39, 0.29) is 10.7 Å². The third-order valence-corrected chi connectivity index (χ3v) is 5.15. The number of nitrogens with one attached hydrogen (secondary N) is 2. The Labute approximate surface area is 211 Å². The zero-order valence-electron chi connectivity index (χ0n) is 18.0. The Kier molecular flexibility index (Phi) is 9.16. The van der Waals surface area contributed by atoms with Gasteiger partial charge in [-0.1, -0.05) is 46.9 Å². The predicted octanol–water partition coefficient (Wildman–Crippen LogP) is 5.71. The van der Waals surface area contributed by atoms with Crippen LogP contribution in [-0.4, -0.2) is 24.6 Å². The molecule has 0 radical (unpaired) electrons. The average Bonchev–Trinajstić information content (AvgIpc) is 2.82. The minimum Gasteiger partial charge on any atom is -0.490 e. The number of benzene rings is 3. The molecule has 2 N–H and O–H groups in total. The molecular weight excluding hydrogens is 501 g/mol. The number of rotatable bonds is 8. The number of anilines is 1. The molecule has 34 heavy (non-hydrogen) atoms. The second kappa shape index (κ2) is 12.3. The summed E-state index contributed by atoms with van der Waals surface area (Å²) in [5.41, 5.74) is 3.96. The van der Waals surface area contributed by atoms with Crippen molar-refractivity contribution < 1.29 is 19.1 Å². The van der Waals surface area contributed by atoms with Gasteiger partial charge in [-0.25, -0.2) is 5.43 Å². The number of ether oxygens (including phenoxy) is 2. The second-order valence-corrected chi connectivity index (χ2v) is 8.11. The van der Waals surface area contributed by atoms with Gasteiger partial charge in [0.05, 0.1) is 23.5 Å². The van der Waals surface area contributed by atoms with Crippen LogP contribution in [0.2, 0.25) is 15.1 Å². The van der Waals surface area contributed by atoms with Crippen molar-refractivity contribution in [2.24, 2.45) is 5.10 Å². The molecular formula is C24H20Cl3N3O4. The zero-order chi connectivity index (χ0) is 24.5. The van der Waals surface area contributed by atoms with Gasteiger partial charge in [0.2, 0.25) is 0 Å². The zero-order valence-corrected chi connectivity index (χ0v) is 20.2. The molecule has 0 heterocycles. The summed E-state index contributed by atoms with van der Waals surface area (Å²) in [6.07, 6.45) is 1.38. The van der Waals surface area contributed by atoms with Crippen LogP contribution in [0.25, 0.3) is 0 Å². The summed E-state index contributed by atoms with van der Waals surface area (Å²) < 4.78 is 11.5. The van der Waals surface area contributed by atoms with Gasteiger partial charge in [-0.2, -0.15) is 5.10 Å². The molecule has 0 aliphatic carbocycles. The van der Waals surface area contributed by atoms with Gasteiger partial charge in [-0.05, 0) is 66.6 Å². The molecule has 10 heteroatoms. The number of hydrogen-bond donors (Lipinski definition) is 2. The van der Waals surface area contributed by atoms with Crippen LogP contribution in [0.3, 0.4) is 0 Å². The van der Waals surface area contributed by atoms with Gasteiger partial charge in [-0.3, -0.25) is 9.59 Å². The summed E-state index contributed by atoms with van der Waals surface area (Å²) >= 11 is 17.8. The molecule has 3 aromatic rings. The van der Waals surface area contributed by atoms with E-state index in [0.717, 1.165) is 5.56 Å². The van der Waals surface area contributed by atoms with E-state index in [1.54, 1.807) is 36.4 Å². The molecule has 3 aromatic carbocycles. The van der Waals surface area contributed by atoms with Crippen LogP contribution in [0.4, 0.5) is 5.69 Å². The van der Waals surface area contributed by atoms with Gasteiger partial charge < -0.3 is 14.8 Å². The molecule has 176 valence electrons. The Balaban J connectivity index is 1.60. The predicted molar refractivity (Wildman–Crippen MR) is 134 cm³/mol. The van der Waals surface area contributed by atoms with Crippen molar-refractivity contribution >= 4 is 58.5 Å². The smallest absolute Gasteiger partial charge is 0.329 e. The van der Waals surface area contributed by atoms with E-state index in [2.05, 4.69) is 15.8 Å². The van der Waals surface area contributed by atoms with Crippen molar-refractivity contribution in [3.05, 3.63) is 86.9 Å². The Bertz CT molecular complexity index is 1200. The maximum atomic E-state index is 12.1. The lowest BCUT2D eigenvalue weighted by Crippen LogP contribution is -2.32. The third kappa shape index (κ3) is 7.38. The maximum absolute atomic E-state index is 12.1. The summed E-state index contributed by atoms with van der Waals surface area (Å²) in [5, 5.41) is 7.47. The first-order valence-corrected chi connectivity index (χ1v) is 11.2. The van der Waals surface area contributed by atoms with Crippen LogP contribution in [0.15, 0.2) is 65.8 Å². The van der Waals surface area contributed by atoms with Crippen LogP contribution >= 0.6 is 34.8 Å². The van der Waals surface area contributed by atoms with Crippen molar-refractivity contribution in [1.29, 1.82) is 0 Å². The third-order valence-electron chi connectivity index (χ3n) is 4.34. The molecule has 0 aromatic heterocycles. The summed E-state index contributed by atoms with van der Waals surface area (Å²) in [5.74, 6) is -0.849. The Morgan fingerprint density at radius 3 is 2.35 bits per heavy atom. The molecule has 7 nitrogen and oxygen atoms in total. The fraction of sp³-hybridized carbons (Fsp3) is 0.125. The van der Waals surface area contributed by atoms with Crippen LogP contribution in [0.1, 0.15) is 18.1 Å². The van der Waals surface area contributed by atoms with Gasteiger partial charge >= 0.3 is 11.8 Å². The summed E-state index contributed by atoms with van der Waals surface area (Å²) in [6.45, 7) is 2.63. The van der Waals surface area contributed by atoms with Crippen molar-refractivity contribution in [2.75, 3.05) is 11.9 Å². The van der Waals surface area contributed by atoms with Crippen LogP contribution in [0.5, 0.6) is 11.5 Å². The molecule has 0 aliphatic rings. The average molecular weight is 521 g/mol. The van der Waals surface area contributed by atoms with E-state index in [4.69, 9.17) is 44.3 Å². The molecule has 3 rings (SSSR count). The van der Waals surface area contributed by atoms with Gasteiger partial charge in [0.1, 0.15) is 6.61 Å². The lowest BCUT2D eigenvalue weighted by atomic mass is 10.2. The number of carbonyl (C=O) groups is 2. The molecule has 0 atom stereocenters. The largest absolute Gasteiger partial charge is 0.490 e. The highest BCUT2D eigenvalue weighted by atomic mass is 35.5. The van der Waals surface area contributed by atoms with Crippen molar-refractivity contribution in [2.45, 2.75) is 13.5 Å². The first-order chi connectivity index (χ1) is 16.4. The Morgan fingerprint density at radius 2 is 1.62 bits per heavy atom. The minimum absolute atomic E-state index is 0.217. The van der Waals surface area contributed by atoms with Crippen LogP contribution in [0, 0.1) is 0 Å². The Morgan fingerprint density at radius 1 is 0.882 bits per heavy atom. The second-order valence-electron chi connectivity index (χ2n) is 6.83. The SMILES string of the molecule is CCOc1cc(/C=N\NC(=O)C(=O)Nc2cc(Cl)ccc2Cl)ccc1OCc1ccc(Cl)cc1. The maximum Gasteiger partial charge on any atom is 0.329 e. The normalized spacial score (nSPS) is 10.7. The standard InChI is InChI=1S/C24H20Cl3N3O4/c1-2-33-22-11-16(5-10-21(22)34-14-15-3-6-17(25)7-4-15)13-28-30-24(32)23(31)29-20-12-18(26)8-9-19(20)27/h3-13H,2,14H2,1H3,(H,29,31)(H,30,32)/b28-13-. The number of nitrogens with zero attached hydrogens (tertiary/aromatic N) is 1. The lowest BCUT2D eigenvalue weighted by molar-refractivity contribution is -0.136. The van der Waals surface area contributed by atoms with Gasteiger partial charge in [0.15, 0.2) is 11.5 Å². The van der Waals surface area contributed by atoms with Gasteiger partial charge in [0.25, 0.3) is 0 Å². The van der Waals surface area contributed by atoms with Crippen molar-refractivity contribution in [3.63, 3.8) is 0 Å². The van der Waals surface area contributed by atoms with Crippen LogP contribution in [-0.2, 0) is 16.2 Å². The van der Waals surface area contributed by atoms with E-state index >= 15 is 0 Å². The number of hydrazone groups is 1. The first kappa shape index (κ1) is 25.4. The van der Waals surface area contributed by atoms with E-state index < -0.39 is 11.8 Å². The number of hydrogen-bond acceptors (Lipinski definition) is 5. The van der Waals surface area contributed by atoms with Gasteiger partial charge in [-0.15, -0.1) is 0 Å². The highest BCUT2D eigenvalue weighted by Gasteiger charge is 2.15. The number of carbonyl (C=O) groups excluding carboxylic acids is 2. The van der Waals surface area contributed by atoms with Crippen molar-refractivity contribution in [3.8, 4) is 11.5 Å². The molecule has 0 spiro atoms. The molecule has 0 fully saturated rings. The summed E-state index contributed by atoms with van der Waals surface area (Å²) in [6, 6.07) is 17.0. The molecule has 0 unspecified atom stereocenters. The molecule has 2 amide bonds. The molecule has 0 aliphatic heterocycles. The van der Waals surface area contributed by atoms with E-state index in [9.17, 15) is 9.59 Å². The summed E-state index contributed by atoms with van der Waals surface area (Å²) in [4.78, 5) is 24.1. The molecule has 0 saturated heterocycles. The highest BCUT2D eigenvalue weighted by Crippen LogP contribution is 2.29. The fourth-order valence-corrected chi connectivity index (χ4v) is 3.19. The molecule has 0 saturated carbocycles. The monoisotopic (exact) mass is 519 g/mol. The topological polar surface area (TPSA) is 89.0 Å². The highest BCUT2D eigenvalue weighted by molar-refractivity contribution is 6.42. The summed E-state index contributed by atoms with van der Waals surface area (Å²) in [7, 11) is 0. The molecule has 0 bridgehead atoms. The van der Waals surface area contributed by atoms with Crippen LogP contribution < -0.4 is 20.2 Å². The fourth-order valence-electron chi connectivity index (χ4n) is 2.72. The van der Waals surface area contributed by atoms with E-state index in [0.29, 0.717) is 40.3 Å². The number of amides is 2. The Hall–Kier alpha value is -3.26. The minimum atomic E-state index is -0.972. The van der Waals surface area contributed by atoms with E-state index in [1.807, 2.05) is 19.1 Å².